The van der Waals surface area contributed by atoms with Crippen LogP contribution in [0.5, 0.6) is 0 Å². The molecule has 0 aromatic carbocycles. The van der Waals surface area contributed by atoms with Crippen molar-refractivity contribution >= 4 is 33.3 Å². The van der Waals surface area contributed by atoms with E-state index in [-0.39, 0.29) is 11.2 Å². The molecule has 0 atom stereocenters. The lowest BCUT2D eigenvalue weighted by molar-refractivity contribution is -0.0379. The number of nitrogens with zero attached hydrogens (tertiary/aromatic N) is 1. The number of ether oxygens (including phenoxy) is 1. The zero-order valence-electron chi connectivity index (χ0n) is 11.5. The van der Waals surface area contributed by atoms with E-state index < -0.39 is 0 Å². The topological polar surface area (TPSA) is 81.0 Å². The van der Waals surface area contributed by atoms with Gasteiger partial charge in [0.15, 0.2) is 5.16 Å². The summed E-state index contributed by atoms with van der Waals surface area (Å²) in [6, 6.07) is 0. The first-order valence-electron chi connectivity index (χ1n) is 6.51. The molecule has 2 aromatic heterocycles. The van der Waals surface area contributed by atoms with Gasteiger partial charge in [0.25, 0.3) is 5.56 Å². The summed E-state index contributed by atoms with van der Waals surface area (Å²) in [6.07, 6.45) is 0.752. The molecule has 0 spiro atoms. The molecule has 0 bridgehead atoms. The molecule has 0 saturated carbocycles. The average Bonchev–Trinajstić information content (AvgIpc) is 2.73. The van der Waals surface area contributed by atoms with Gasteiger partial charge in [-0.1, -0.05) is 11.8 Å². The fraction of sp³-hybridized carbons (Fsp3) is 0.538. The number of aromatic nitrogens is 2. The van der Waals surface area contributed by atoms with E-state index in [0.29, 0.717) is 18.3 Å². The second kappa shape index (κ2) is 5.14. The molecule has 0 fully saturated rings. The van der Waals surface area contributed by atoms with Gasteiger partial charge < -0.3 is 15.5 Å². The predicted molar refractivity (Wildman–Crippen MR) is 82.6 cm³/mol. The number of rotatable bonds is 3. The van der Waals surface area contributed by atoms with Crippen LogP contribution in [0, 0.1) is 0 Å². The molecule has 2 aromatic rings. The van der Waals surface area contributed by atoms with Gasteiger partial charge in [-0.05, 0) is 19.4 Å². The van der Waals surface area contributed by atoms with E-state index in [1.807, 2.05) is 13.8 Å². The average molecular weight is 311 g/mol. The number of aromatic amines is 1. The standard InChI is InChI=1S/C13H17N3O2S2/c1-13(2)5-7-8(6-18-13)20-11-9(7)10(17)15-12(16-11)19-4-3-14/h3-6,14H2,1-2H3,(H,15,16,17). The molecule has 1 aliphatic heterocycles. The molecule has 0 unspecified atom stereocenters. The van der Waals surface area contributed by atoms with Crippen LogP contribution in [0.25, 0.3) is 10.2 Å². The Morgan fingerprint density at radius 1 is 1.55 bits per heavy atom. The molecule has 1 aliphatic rings. The predicted octanol–water partition coefficient (Wildman–Crippen LogP) is 1.89. The summed E-state index contributed by atoms with van der Waals surface area (Å²) in [7, 11) is 0. The fourth-order valence-corrected chi connectivity index (χ4v) is 4.15. The van der Waals surface area contributed by atoms with Crippen LogP contribution in [0.4, 0.5) is 0 Å². The van der Waals surface area contributed by atoms with Crippen LogP contribution in [0.1, 0.15) is 24.3 Å². The lowest BCUT2D eigenvalue weighted by Crippen LogP contribution is -2.31. The molecular weight excluding hydrogens is 294 g/mol. The Labute approximate surface area is 124 Å². The van der Waals surface area contributed by atoms with Gasteiger partial charge >= 0.3 is 0 Å². The van der Waals surface area contributed by atoms with Crippen molar-refractivity contribution in [2.24, 2.45) is 5.73 Å². The van der Waals surface area contributed by atoms with Crippen LogP contribution in [0.15, 0.2) is 9.95 Å². The molecule has 0 aliphatic carbocycles. The first-order valence-corrected chi connectivity index (χ1v) is 8.32. The summed E-state index contributed by atoms with van der Waals surface area (Å²) < 4.78 is 5.80. The van der Waals surface area contributed by atoms with Crippen LogP contribution < -0.4 is 11.3 Å². The third-order valence-corrected chi connectivity index (χ3v) is 5.28. The number of nitrogens with one attached hydrogen (secondary N) is 1. The van der Waals surface area contributed by atoms with Gasteiger partial charge in [0.2, 0.25) is 0 Å². The van der Waals surface area contributed by atoms with Crippen molar-refractivity contribution in [2.45, 2.75) is 37.6 Å². The Morgan fingerprint density at radius 2 is 2.35 bits per heavy atom. The molecule has 108 valence electrons. The van der Waals surface area contributed by atoms with E-state index in [1.54, 1.807) is 11.3 Å². The monoisotopic (exact) mass is 311 g/mol. The Morgan fingerprint density at radius 3 is 3.10 bits per heavy atom. The normalized spacial score (nSPS) is 17.4. The van der Waals surface area contributed by atoms with Gasteiger partial charge in [-0.2, -0.15) is 0 Å². The van der Waals surface area contributed by atoms with E-state index in [0.717, 1.165) is 32.8 Å². The first-order chi connectivity index (χ1) is 9.50. The van der Waals surface area contributed by atoms with E-state index in [1.165, 1.54) is 11.8 Å². The van der Waals surface area contributed by atoms with Gasteiger partial charge in [-0.3, -0.25) is 4.79 Å². The fourth-order valence-electron chi connectivity index (χ4n) is 2.36. The molecule has 20 heavy (non-hydrogen) atoms. The Balaban J connectivity index is 2.10. The minimum atomic E-state index is -0.222. The quantitative estimate of drug-likeness (QED) is 0.668. The maximum atomic E-state index is 12.3. The van der Waals surface area contributed by atoms with Gasteiger partial charge in [0.1, 0.15) is 4.83 Å². The Kier molecular flexibility index (Phi) is 3.62. The number of hydrogen-bond acceptors (Lipinski definition) is 6. The van der Waals surface area contributed by atoms with Crippen molar-refractivity contribution in [3.05, 3.63) is 20.8 Å². The zero-order valence-corrected chi connectivity index (χ0v) is 13.1. The van der Waals surface area contributed by atoms with Crippen LogP contribution in [-0.4, -0.2) is 27.9 Å². The molecular formula is C13H17N3O2S2. The summed E-state index contributed by atoms with van der Waals surface area (Å²) in [4.78, 5) is 21.7. The molecule has 0 amide bonds. The molecule has 5 nitrogen and oxygen atoms in total. The van der Waals surface area contributed by atoms with Gasteiger partial charge in [0.05, 0.1) is 17.6 Å². The lowest BCUT2D eigenvalue weighted by Gasteiger charge is -2.29. The molecule has 7 heteroatoms. The number of thiophene rings is 1. The van der Waals surface area contributed by atoms with Crippen LogP contribution in [-0.2, 0) is 17.8 Å². The minimum Gasteiger partial charge on any atom is -0.370 e. The van der Waals surface area contributed by atoms with Crippen LogP contribution >= 0.6 is 23.1 Å². The molecule has 3 heterocycles. The summed E-state index contributed by atoms with van der Waals surface area (Å²) in [6.45, 7) is 5.22. The Bertz CT molecular complexity index is 705. The van der Waals surface area contributed by atoms with Crippen molar-refractivity contribution < 1.29 is 4.74 Å². The maximum Gasteiger partial charge on any atom is 0.260 e. The van der Waals surface area contributed by atoms with E-state index in [4.69, 9.17) is 10.5 Å². The summed E-state index contributed by atoms with van der Waals surface area (Å²) in [5.74, 6) is 0.746. The maximum absolute atomic E-state index is 12.3. The first kappa shape index (κ1) is 14.1. The SMILES string of the molecule is CC1(C)Cc2c(sc3nc(SCCN)[nH]c(=O)c23)CO1. The van der Waals surface area contributed by atoms with Gasteiger partial charge in [-0.25, -0.2) is 4.98 Å². The van der Waals surface area contributed by atoms with Gasteiger partial charge in [0, 0.05) is 23.6 Å². The second-order valence-corrected chi connectivity index (χ2v) is 7.58. The van der Waals surface area contributed by atoms with Crippen LogP contribution in [0.3, 0.4) is 0 Å². The molecule has 0 saturated heterocycles. The van der Waals surface area contributed by atoms with E-state index >= 15 is 0 Å². The highest BCUT2D eigenvalue weighted by Gasteiger charge is 2.30. The number of thioether (sulfide) groups is 1. The highest BCUT2D eigenvalue weighted by atomic mass is 32.2. The van der Waals surface area contributed by atoms with Crippen LogP contribution in [0.2, 0.25) is 0 Å². The largest absolute Gasteiger partial charge is 0.370 e. The lowest BCUT2D eigenvalue weighted by atomic mass is 9.94. The third-order valence-electron chi connectivity index (χ3n) is 3.28. The molecule has 0 radical (unpaired) electrons. The number of nitrogens with two attached hydrogens (primary N) is 1. The number of fused-ring (bicyclic) bond motifs is 3. The minimum absolute atomic E-state index is 0.0512. The third kappa shape index (κ3) is 2.50. The van der Waals surface area contributed by atoms with Crippen molar-refractivity contribution in [2.75, 3.05) is 12.3 Å². The van der Waals surface area contributed by atoms with E-state index in [9.17, 15) is 4.79 Å². The number of hydrogen-bond donors (Lipinski definition) is 2. The highest BCUT2D eigenvalue weighted by Crippen LogP contribution is 2.37. The van der Waals surface area contributed by atoms with Crippen molar-refractivity contribution in [3.8, 4) is 0 Å². The number of H-pyrrole nitrogens is 1. The summed E-state index contributed by atoms with van der Waals surface area (Å²) in [5.41, 5.74) is 6.31. The van der Waals surface area contributed by atoms with Crippen molar-refractivity contribution in [3.63, 3.8) is 0 Å². The molecule has 3 N–H and O–H groups in total. The second-order valence-electron chi connectivity index (χ2n) is 5.42. The van der Waals surface area contributed by atoms with Crippen molar-refractivity contribution in [1.82, 2.24) is 9.97 Å². The summed E-state index contributed by atoms with van der Waals surface area (Å²) in [5, 5.41) is 1.38. The zero-order chi connectivity index (χ0) is 14.3. The Hall–Kier alpha value is -0.890. The summed E-state index contributed by atoms with van der Waals surface area (Å²) >= 11 is 3.04. The van der Waals surface area contributed by atoms with Gasteiger partial charge in [-0.15, -0.1) is 11.3 Å². The van der Waals surface area contributed by atoms with Crippen molar-refractivity contribution in [1.29, 1.82) is 0 Å². The molecule has 3 rings (SSSR count). The smallest absolute Gasteiger partial charge is 0.260 e. The van der Waals surface area contributed by atoms with E-state index in [2.05, 4.69) is 9.97 Å². The highest BCUT2D eigenvalue weighted by molar-refractivity contribution is 7.99.